The van der Waals surface area contributed by atoms with Crippen molar-refractivity contribution < 1.29 is 0 Å². The van der Waals surface area contributed by atoms with Crippen LogP contribution in [0.5, 0.6) is 0 Å². The summed E-state index contributed by atoms with van der Waals surface area (Å²) in [6, 6.07) is 12.5. The summed E-state index contributed by atoms with van der Waals surface area (Å²) in [4.78, 5) is 6.02. The topological polar surface area (TPSA) is 17.8 Å². The molecule has 4 rings (SSSR count). The lowest BCUT2D eigenvalue weighted by Crippen LogP contribution is -2.07. The molecule has 5 radical (unpaired) electrons. The molecule has 0 amide bonds. The largest absolute Gasteiger partial charge is 0.323 e. The highest BCUT2D eigenvalue weighted by Crippen LogP contribution is 2.32. The van der Waals surface area contributed by atoms with Gasteiger partial charge < -0.3 is 4.57 Å². The quantitative estimate of drug-likeness (QED) is 0.702. The van der Waals surface area contributed by atoms with Crippen LogP contribution >= 0.6 is 11.3 Å². The number of hydrogen-bond donors (Lipinski definition) is 0. The second-order valence-electron chi connectivity index (χ2n) is 4.78. The molecule has 2 heterocycles. The Balaban J connectivity index is 1.84. The molecule has 0 N–H and O–H groups in total. The molecule has 2 aromatic heterocycles. The van der Waals surface area contributed by atoms with E-state index in [1.807, 2.05) is 6.07 Å². The summed E-state index contributed by atoms with van der Waals surface area (Å²) in [5.41, 5.74) is 2.25. The fourth-order valence-electron chi connectivity index (χ4n) is 2.53. The molecule has 1 saturated carbocycles. The summed E-state index contributed by atoms with van der Waals surface area (Å²) in [6.45, 7) is 0.862. The van der Waals surface area contributed by atoms with E-state index in [9.17, 15) is 0 Å². The van der Waals surface area contributed by atoms with Crippen LogP contribution in [0.3, 0.4) is 0 Å². The van der Waals surface area contributed by atoms with Crippen LogP contribution in [0.2, 0.25) is 0 Å². The van der Waals surface area contributed by atoms with Crippen molar-refractivity contribution >= 4 is 22.4 Å². The van der Waals surface area contributed by atoms with Crippen LogP contribution < -0.4 is 0 Å². The van der Waals surface area contributed by atoms with Gasteiger partial charge in [-0.05, 0) is 49.3 Å². The highest BCUT2D eigenvalue weighted by Gasteiger charge is 2.21. The molecule has 20 heavy (non-hydrogen) atoms. The maximum absolute atomic E-state index is 4.81. The van der Waals surface area contributed by atoms with E-state index in [1.165, 1.54) is 16.3 Å². The van der Waals surface area contributed by atoms with Crippen LogP contribution in [-0.2, 0) is 6.54 Å². The smallest absolute Gasteiger partial charge is 0.151 e. The van der Waals surface area contributed by atoms with E-state index in [-0.39, 0.29) is 0 Å². The van der Waals surface area contributed by atoms with Crippen molar-refractivity contribution in [3.8, 4) is 10.7 Å². The minimum Gasteiger partial charge on any atom is -0.323 e. The molecular weight excluding hydrogens is 264 g/mol. The molecule has 0 unspecified atom stereocenters. The summed E-state index contributed by atoms with van der Waals surface area (Å²) in [5, 5.41) is 2.10. The Kier molecular flexibility index (Phi) is 3.07. The monoisotopic (exact) mass is 277 g/mol. The van der Waals surface area contributed by atoms with Gasteiger partial charge in [-0.2, -0.15) is 0 Å². The number of hydrogen-bond acceptors (Lipinski definition) is 2. The fraction of sp³-hybridized carbons (Fsp3) is 0.0588. The molecule has 1 fully saturated rings. The Morgan fingerprint density at radius 2 is 1.85 bits per heavy atom. The summed E-state index contributed by atoms with van der Waals surface area (Å²) < 4.78 is 2.30. The third kappa shape index (κ3) is 2.06. The van der Waals surface area contributed by atoms with E-state index in [1.54, 1.807) is 11.3 Å². The first-order valence-corrected chi connectivity index (χ1v) is 7.49. The molecular formula is C17H13N2S. The van der Waals surface area contributed by atoms with E-state index < -0.39 is 0 Å². The zero-order valence-corrected chi connectivity index (χ0v) is 11.7. The summed E-state index contributed by atoms with van der Waals surface area (Å²) >= 11 is 1.73. The van der Waals surface area contributed by atoms with Crippen molar-refractivity contribution in [1.29, 1.82) is 0 Å². The number of fused-ring (bicyclic) bond motifs is 1. The number of aromatic nitrogens is 2. The van der Waals surface area contributed by atoms with Crippen LogP contribution in [0.4, 0.5) is 0 Å². The summed E-state index contributed by atoms with van der Waals surface area (Å²) in [7, 11) is 0. The SMILES string of the molecule is [CH]1[CH][CH][C](Cn2c(-c3cccs3)nc3ccccc32)[CH]1. The molecule has 0 bridgehead atoms. The second-order valence-corrected chi connectivity index (χ2v) is 5.73. The van der Waals surface area contributed by atoms with E-state index in [0.717, 1.165) is 17.9 Å². The summed E-state index contributed by atoms with van der Waals surface area (Å²) in [5.74, 6) is 2.37. The molecule has 0 spiro atoms. The van der Waals surface area contributed by atoms with Gasteiger partial charge in [0, 0.05) is 12.5 Å². The molecule has 1 aliphatic carbocycles. The molecule has 0 saturated heterocycles. The van der Waals surface area contributed by atoms with Gasteiger partial charge in [-0.1, -0.05) is 18.2 Å². The Morgan fingerprint density at radius 1 is 1.00 bits per heavy atom. The van der Waals surface area contributed by atoms with Crippen molar-refractivity contribution in [2.24, 2.45) is 0 Å². The Bertz CT molecular complexity index is 706. The van der Waals surface area contributed by atoms with Gasteiger partial charge in [0.05, 0.1) is 15.9 Å². The lowest BCUT2D eigenvalue weighted by atomic mass is 10.1. The van der Waals surface area contributed by atoms with Gasteiger partial charge in [0.25, 0.3) is 0 Å². The number of rotatable bonds is 3. The van der Waals surface area contributed by atoms with Crippen LogP contribution in [0, 0.1) is 31.6 Å². The van der Waals surface area contributed by atoms with E-state index >= 15 is 0 Å². The number of para-hydroxylation sites is 2. The van der Waals surface area contributed by atoms with E-state index in [2.05, 4.69) is 66.0 Å². The lowest BCUT2D eigenvalue weighted by molar-refractivity contribution is 0.775. The van der Waals surface area contributed by atoms with Gasteiger partial charge in [-0.25, -0.2) is 4.98 Å². The van der Waals surface area contributed by atoms with Gasteiger partial charge >= 0.3 is 0 Å². The van der Waals surface area contributed by atoms with Crippen molar-refractivity contribution in [3.05, 3.63) is 73.4 Å². The zero-order valence-electron chi connectivity index (χ0n) is 10.9. The normalized spacial score (nSPS) is 16.2. The third-order valence-corrected chi connectivity index (χ3v) is 4.33. The van der Waals surface area contributed by atoms with Gasteiger partial charge in [-0.3, -0.25) is 0 Å². The molecule has 1 aliphatic rings. The van der Waals surface area contributed by atoms with Crippen molar-refractivity contribution in [2.75, 3.05) is 0 Å². The molecule has 2 nitrogen and oxygen atoms in total. The highest BCUT2D eigenvalue weighted by molar-refractivity contribution is 7.13. The van der Waals surface area contributed by atoms with Gasteiger partial charge in [0.2, 0.25) is 0 Å². The maximum atomic E-state index is 4.81. The predicted octanol–water partition coefficient (Wildman–Crippen LogP) is 4.17. The number of thiophene rings is 1. The van der Waals surface area contributed by atoms with Gasteiger partial charge in [0.15, 0.2) is 5.82 Å². The van der Waals surface area contributed by atoms with Crippen molar-refractivity contribution in [2.45, 2.75) is 6.54 Å². The maximum Gasteiger partial charge on any atom is 0.151 e. The van der Waals surface area contributed by atoms with Crippen LogP contribution in [0.1, 0.15) is 0 Å². The average Bonchev–Trinajstić information content (AvgIpc) is 3.19. The molecule has 3 aromatic rings. The molecule has 97 valence electrons. The third-order valence-electron chi connectivity index (χ3n) is 3.47. The van der Waals surface area contributed by atoms with Crippen molar-refractivity contribution in [3.63, 3.8) is 0 Å². The van der Waals surface area contributed by atoms with Crippen LogP contribution in [-0.4, -0.2) is 9.55 Å². The van der Waals surface area contributed by atoms with Crippen LogP contribution in [0.15, 0.2) is 41.8 Å². The van der Waals surface area contributed by atoms with Gasteiger partial charge in [-0.15, -0.1) is 11.3 Å². The highest BCUT2D eigenvalue weighted by atomic mass is 32.1. The first-order valence-electron chi connectivity index (χ1n) is 6.61. The lowest BCUT2D eigenvalue weighted by Gasteiger charge is -2.12. The molecule has 0 atom stereocenters. The summed E-state index contributed by atoms with van der Waals surface area (Å²) in [6.07, 6.45) is 8.48. The molecule has 1 aromatic carbocycles. The predicted molar refractivity (Wildman–Crippen MR) is 83.5 cm³/mol. The first kappa shape index (κ1) is 12.2. The number of benzene rings is 1. The van der Waals surface area contributed by atoms with Crippen LogP contribution in [0.25, 0.3) is 21.7 Å². The minimum absolute atomic E-state index is 0.862. The van der Waals surface area contributed by atoms with Crippen molar-refractivity contribution in [1.82, 2.24) is 9.55 Å². The second kappa shape index (κ2) is 5.06. The standard InChI is InChI=1S/C17H13N2S/c1-2-7-13(6-1)12-19-15-9-4-3-8-14(15)18-17(19)16-10-5-11-20-16/h1-11H,12H2. The first-order chi connectivity index (χ1) is 9.92. The van der Waals surface area contributed by atoms with Gasteiger partial charge in [0.1, 0.15) is 0 Å². The fourth-order valence-corrected chi connectivity index (χ4v) is 3.25. The Morgan fingerprint density at radius 3 is 2.65 bits per heavy atom. The number of nitrogens with zero attached hydrogens (tertiary/aromatic N) is 2. The Labute approximate surface area is 123 Å². The zero-order chi connectivity index (χ0) is 13.4. The molecule has 3 heteroatoms. The van der Waals surface area contributed by atoms with E-state index in [0.29, 0.717) is 0 Å². The number of imidazole rings is 1. The Hall–Kier alpha value is -1.61. The minimum atomic E-state index is 0.862. The average molecular weight is 277 g/mol. The molecule has 0 aliphatic heterocycles. The van der Waals surface area contributed by atoms with E-state index in [4.69, 9.17) is 4.98 Å².